The Bertz CT molecular complexity index is 673. The summed E-state index contributed by atoms with van der Waals surface area (Å²) in [5.74, 6) is 1.09. The van der Waals surface area contributed by atoms with Gasteiger partial charge < -0.3 is 4.57 Å². The van der Waals surface area contributed by atoms with Crippen LogP contribution in [0, 0.1) is 6.92 Å². The molecule has 1 aromatic carbocycles. The second-order valence-electron chi connectivity index (χ2n) is 4.51. The Morgan fingerprint density at radius 1 is 1.25 bits per heavy atom. The molecule has 0 bridgehead atoms. The van der Waals surface area contributed by atoms with E-state index in [0.29, 0.717) is 11.7 Å². The third kappa shape index (κ3) is 3.39. The number of rotatable bonds is 5. The van der Waals surface area contributed by atoms with Crippen molar-refractivity contribution in [3.63, 3.8) is 0 Å². The summed E-state index contributed by atoms with van der Waals surface area (Å²) in [5.41, 5.74) is 1.87. The van der Waals surface area contributed by atoms with Crippen molar-refractivity contribution >= 4 is 21.6 Å². The number of aromatic nitrogens is 2. The quantitative estimate of drug-likeness (QED) is 0.858. The summed E-state index contributed by atoms with van der Waals surface area (Å²) < 4.78 is 28.4. The number of benzene rings is 1. The van der Waals surface area contributed by atoms with Gasteiger partial charge in [-0.3, -0.25) is 0 Å². The van der Waals surface area contributed by atoms with E-state index in [0.717, 1.165) is 11.1 Å². The van der Waals surface area contributed by atoms with Crippen LogP contribution in [0.1, 0.15) is 17.0 Å². The molecule has 0 saturated carbocycles. The van der Waals surface area contributed by atoms with E-state index in [2.05, 4.69) is 9.71 Å². The van der Waals surface area contributed by atoms with Crippen molar-refractivity contribution in [2.75, 3.05) is 0 Å². The Hall–Kier alpha value is -1.37. The Morgan fingerprint density at radius 3 is 2.35 bits per heavy atom. The number of imidazole rings is 1. The van der Waals surface area contributed by atoms with Gasteiger partial charge in [0.15, 0.2) is 5.03 Å². The summed E-state index contributed by atoms with van der Waals surface area (Å²) in [7, 11) is -1.83. The van der Waals surface area contributed by atoms with Gasteiger partial charge in [0.2, 0.25) is 0 Å². The van der Waals surface area contributed by atoms with Gasteiger partial charge in [0.1, 0.15) is 5.82 Å². The van der Waals surface area contributed by atoms with Gasteiger partial charge >= 0.3 is 0 Å². The number of sulfonamides is 1. The van der Waals surface area contributed by atoms with E-state index in [1.54, 1.807) is 18.5 Å². The Morgan fingerprint density at radius 2 is 1.85 bits per heavy atom. The van der Waals surface area contributed by atoms with Crippen molar-refractivity contribution in [2.45, 2.75) is 24.4 Å². The Labute approximate surface area is 123 Å². The van der Waals surface area contributed by atoms with Crippen molar-refractivity contribution in [1.82, 2.24) is 14.3 Å². The molecule has 108 valence electrons. The smallest absolute Gasteiger partial charge is 0.259 e. The summed E-state index contributed by atoms with van der Waals surface area (Å²) in [4.78, 5) is 4.02. The van der Waals surface area contributed by atoms with Crippen molar-refractivity contribution in [1.29, 1.82) is 0 Å². The number of alkyl halides is 1. The van der Waals surface area contributed by atoms with Gasteiger partial charge in [-0.25, -0.2) is 18.1 Å². The van der Waals surface area contributed by atoms with Crippen molar-refractivity contribution in [2.24, 2.45) is 7.05 Å². The number of hydrogen-bond acceptors (Lipinski definition) is 3. The summed E-state index contributed by atoms with van der Waals surface area (Å²) >= 11 is 5.70. The molecule has 1 aromatic heterocycles. The average molecular weight is 314 g/mol. The molecule has 0 spiro atoms. The molecule has 0 aliphatic carbocycles. The number of halogens is 1. The largest absolute Gasteiger partial charge is 0.337 e. The maximum atomic E-state index is 12.1. The monoisotopic (exact) mass is 313 g/mol. The number of nitrogens with zero attached hydrogens (tertiary/aromatic N) is 2. The maximum absolute atomic E-state index is 12.1. The third-order valence-electron chi connectivity index (χ3n) is 3.01. The van der Waals surface area contributed by atoms with Crippen molar-refractivity contribution in [3.05, 3.63) is 47.4 Å². The fourth-order valence-corrected chi connectivity index (χ4v) is 2.89. The van der Waals surface area contributed by atoms with E-state index in [1.165, 1.54) is 6.20 Å². The molecule has 7 heteroatoms. The summed E-state index contributed by atoms with van der Waals surface area (Å²) in [6, 6.07) is 7.46. The van der Waals surface area contributed by atoms with Gasteiger partial charge in [0.25, 0.3) is 10.0 Å². The molecule has 2 rings (SSSR count). The molecule has 1 heterocycles. The first-order valence-electron chi connectivity index (χ1n) is 6.06. The molecule has 0 aliphatic heterocycles. The van der Waals surface area contributed by atoms with Crippen LogP contribution in [0.4, 0.5) is 0 Å². The van der Waals surface area contributed by atoms with Gasteiger partial charge in [-0.15, -0.1) is 11.6 Å². The highest BCUT2D eigenvalue weighted by Gasteiger charge is 2.17. The molecule has 0 radical (unpaired) electrons. The minimum Gasteiger partial charge on any atom is -0.337 e. The minimum atomic E-state index is -3.58. The molecule has 0 saturated heterocycles. The average Bonchev–Trinajstić information content (AvgIpc) is 2.78. The van der Waals surface area contributed by atoms with E-state index < -0.39 is 10.0 Å². The van der Waals surface area contributed by atoms with Gasteiger partial charge in [-0.05, 0) is 18.1 Å². The molecule has 0 fully saturated rings. The highest BCUT2D eigenvalue weighted by atomic mass is 35.5. The summed E-state index contributed by atoms with van der Waals surface area (Å²) in [6.45, 7) is 1.98. The minimum absolute atomic E-state index is 0.0369. The molecule has 1 N–H and O–H groups in total. The summed E-state index contributed by atoms with van der Waals surface area (Å²) in [5, 5.41) is 0.0369. The van der Waals surface area contributed by atoms with Gasteiger partial charge in [-0.2, -0.15) is 0 Å². The molecule has 0 unspecified atom stereocenters. The van der Waals surface area contributed by atoms with Gasteiger partial charge in [-0.1, -0.05) is 24.3 Å². The van der Waals surface area contributed by atoms with Crippen LogP contribution >= 0.6 is 11.6 Å². The highest BCUT2D eigenvalue weighted by molar-refractivity contribution is 7.89. The van der Waals surface area contributed by atoms with Crippen LogP contribution in [0.25, 0.3) is 0 Å². The lowest BCUT2D eigenvalue weighted by Gasteiger charge is -2.05. The van der Waals surface area contributed by atoms with E-state index in [9.17, 15) is 8.42 Å². The normalized spacial score (nSPS) is 11.8. The molecule has 0 amide bonds. The van der Waals surface area contributed by atoms with E-state index in [4.69, 9.17) is 11.6 Å². The predicted molar refractivity (Wildman–Crippen MR) is 78.0 cm³/mol. The molecular weight excluding hydrogens is 298 g/mol. The first-order chi connectivity index (χ1) is 9.42. The van der Waals surface area contributed by atoms with Gasteiger partial charge in [0, 0.05) is 25.7 Å². The number of nitrogens with one attached hydrogen (secondary N) is 1. The van der Waals surface area contributed by atoms with E-state index in [-0.39, 0.29) is 11.6 Å². The van der Waals surface area contributed by atoms with Crippen LogP contribution in [0.3, 0.4) is 0 Å². The van der Waals surface area contributed by atoms with Crippen LogP contribution in [0.2, 0.25) is 0 Å². The fraction of sp³-hybridized carbons (Fsp3) is 0.308. The Balaban J connectivity index is 2.08. The first-order valence-corrected chi connectivity index (χ1v) is 8.07. The van der Waals surface area contributed by atoms with Crippen LogP contribution in [-0.2, 0) is 29.5 Å². The molecule has 0 aliphatic rings. The van der Waals surface area contributed by atoms with Gasteiger partial charge in [0.05, 0.1) is 0 Å². The molecule has 0 atom stereocenters. The number of aryl methyl sites for hydroxylation is 2. The molecular formula is C13H16ClN3O2S. The first kappa shape index (κ1) is 15.0. The van der Waals surface area contributed by atoms with Crippen LogP contribution in [0.15, 0.2) is 35.5 Å². The number of hydrogen-bond donors (Lipinski definition) is 1. The van der Waals surface area contributed by atoms with Crippen molar-refractivity contribution in [3.8, 4) is 0 Å². The van der Waals surface area contributed by atoms with Crippen LogP contribution in [0.5, 0.6) is 0 Å². The second-order valence-corrected chi connectivity index (χ2v) is 6.49. The predicted octanol–water partition coefficient (Wildman–Crippen LogP) is 1.95. The van der Waals surface area contributed by atoms with E-state index in [1.807, 2.05) is 24.3 Å². The lowest BCUT2D eigenvalue weighted by Crippen LogP contribution is -2.23. The van der Waals surface area contributed by atoms with Crippen LogP contribution in [-0.4, -0.2) is 18.0 Å². The lowest BCUT2D eigenvalue weighted by atomic mass is 10.1. The van der Waals surface area contributed by atoms with Crippen LogP contribution < -0.4 is 4.72 Å². The highest BCUT2D eigenvalue weighted by Crippen LogP contribution is 2.10. The standard InChI is InChI=1S/C13H16ClN3O2S/c1-10-16-13(9-17(10)2)20(18,19)15-8-12-5-3-11(7-14)4-6-12/h3-6,9,15H,7-8H2,1-2H3. The molecule has 5 nitrogen and oxygen atoms in total. The molecule has 2 aromatic rings. The topological polar surface area (TPSA) is 64.0 Å². The molecule has 20 heavy (non-hydrogen) atoms. The SMILES string of the molecule is Cc1nc(S(=O)(=O)NCc2ccc(CCl)cc2)cn1C. The summed E-state index contributed by atoms with van der Waals surface area (Å²) in [6.07, 6.45) is 1.49. The Kier molecular flexibility index (Phi) is 4.47. The maximum Gasteiger partial charge on any atom is 0.259 e. The zero-order chi connectivity index (χ0) is 14.8. The zero-order valence-corrected chi connectivity index (χ0v) is 12.9. The third-order valence-corrected chi connectivity index (χ3v) is 4.59. The lowest BCUT2D eigenvalue weighted by molar-refractivity contribution is 0.578. The fourth-order valence-electron chi connectivity index (χ4n) is 1.65. The van der Waals surface area contributed by atoms with E-state index >= 15 is 0 Å². The zero-order valence-electron chi connectivity index (χ0n) is 11.3. The second kappa shape index (κ2) is 5.95. The van der Waals surface area contributed by atoms with Crippen molar-refractivity contribution < 1.29 is 8.42 Å².